The lowest BCUT2D eigenvalue weighted by Gasteiger charge is -2.13. The maximum atomic E-state index is 3.66. The Morgan fingerprint density at radius 1 is 1.18 bits per heavy atom. The monoisotopic (exact) mass is 166 g/mol. The van der Waals surface area contributed by atoms with E-state index < -0.39 is 0 Å². The van der Waals surface area contributed by atoms with Crippen LogP contribution in [-0.4, -0.2) is 9.01 Å². The average Bonchev–Trinajstić information content (AvgIpc) is 2.52. The van der Waals surface area contributed by atoms with Gasteiger partial charge in [0.15, 0.2) is 0 Å². The Morgan fingerprint density at radius 3 is 2.18 bits per heavy atom. The van der Waals surface area contributed by atoms with E-state index in [0.717, 1.165) is 0 Å². The molecule has 0 aromatic carbocycles. The lowest BCUT2D eigenvalue weighted by molar-refractivity contribution is 0.831. The molecule has 1 aromatic rings. The van der Waals surface area contributed by atoms with E-state index in [1.54, 1.807) is 12.4 Å². The van der Waals surface area contributed by atoms with Crippen molar-refractivity contribution in [3.8, 4) is 0 Å². The highest BCUT2D eigenvalue weighted by molar-refractivity contribution is 7.33. The SMILES string of the molecule is C=CN(C=C)Pn1cccc1. The molecule has 11 heavy (non-hydrogen) atoms. The molecular weight excluding hydrogens is 155 g/mol. The summed E-state index contributed by atoms with van der Waals surface area (Å²) < 4.78 is 4.00. The van der Waals surface area contributed by atoms with E-state index in [1.165, 1.54) is 0 Å². The van der Waals surface area contributed by atoms with Gasteiger partial charge in [-0.3, -0.25) is 0 Å². The molecule has 0 N–H and O–H groups in total. The molecule has 1 atom stereocenters. The highest BCUT2D eigenvalue weighted by atomic mass is 31.1. The van der Waals surface area contributed by atoms with Gasteiger partial charge in [0, 0.05) is 24.8 Å². The lowest BCUT2D eigenvalue weighted by Crippen LogP contribution is -1.96. The van der Waals surface area contributed by atoms with E-state index in [2.05, 4.69) is 17.5 Å². The molecule has 1 rings (SSSR count). The molecule has 0 spiro atoms. The van der Waals surface area contributed by atoms with E-state index in [9.17, 15) is 0 Å². The molecule has 0 saturated heterocycles. The van der Waals surface area contributed by atoms with Crippen LogP contribution in [0.15, 0.2) is 50.1 Å². The van der Waals surface area contributed by atoms with E-state index in [4.69, 9.17) is 0 Å². The van der Waals surface area contributed by atoms with E-state index in [1.807, 2.05) is 29.2 Å². The fraction of sp³-hybridized carbons (Fsp3) is 0. The largest absolute Gasteiger partial charge is 0.319 e. The second kappa shape index (κ2) is 3.99. The summed E-state index contributed by atoms with van der Waals surface area (Å²) in [5.74, 6) is 0. The Balaban J connectivity index is 2.54. The van der Waals surface area contributed by atoms with Crippen LogP contribution in [0.3, 0.4) is 0 Å². The third-order valence-corrected chi connectivity index (χ3v) is 2.35. The van der Waals surface area contributed by atoms with Crippen LogP contribution in [0.2, 0.25) is 0 Å². The number of hydrogen-bond acceptors (Lipinski definition) is 1. The quantitative estimate of drug-likeness (QED) is 0.623. The molecule has 0 aliphatic carbocycles. The Kier molecular flexibility index (Phi) is 2.94. The van der Waals surface area contributed by atoms with Gasteiger partial charge in [-0.05, 0) is 12.1 Å². The number of aromatic nitrogens is 1. The molecule has 1 heterocycles. The van der Waals surface area contributed by atoms with Crippen molar-refractivity contribution in [2.75, 3.05) is 0 Å². The van der Waals surface area contributed by atoms with Crippen LogP contribution in [0.5, 0.6) is 0 Å². The summed E-state index contributed by atoms with van der Waals surface area (Å²) in [6.45, 7) is 7.32. The van der Waals surface area contributed by atoms with Crippen molar-refractivity contribution in [2.24, 2.45) is 0 Å². The molecule has 2 nitrogen and oxygen atoms in total. The fourth-order valence-corrected chi connectivity index (χ4v) is 1.43. The average molecular weight is 166 g/mol. The van der Waals surface area contributed by atoms with Crippen LogP contribution in [0.4, 0.5) is 0 Å². The van der Waals surface area contributed by atoms with Gasteiger partial charge in [0.25, 0.3) is 0 Å². The molecule has 1 aromatic heterocycles. The minimum absolute atomic E-state index is 0.534. The minimum Gasteiger partial charge on any atom is -0.319 e. The second-order valence-corrected chi connectivity index (χ2v) is 3.20. The van der Waals surface area contributed by atoms with Crippen LogP contribution < -0.4 is 0 Å². The van der Waals surface area contributed by atoms with Crippen LogP contribution in [0, 0.1) is 0 Å². The highest BCUT2D eigenvalue weighted by Gasteiger charge is 1.91. The molecule has 0 amide bonds. The normalized spacial score (nSPS) is 10.2. The summed E-state index contributed by atoms with van der Waals surface area (Å²) >= 11 is 0. The zero-order chi connectivity index (χ0) is 8.10. The Bertz CT molecular complexity index is 220. The first-order valence-electron chi connectivity index (χ1n) is 3.30. The number of nitrogens with zero attached hydrogens (tertiary/aromatic N) is 2. The molecule has 0 saturated carbocycles. The van der Waals surface area contributed by atoms with Gasteiger partial charge in [-0.1, -0.05) is 13.2 Å². The summed E-state index contributed by atoms with van der Waals surface area (Å²) in [7, 11) is 0.534. The van der Waals surface area contributed by atoms with Crippen molar-refractivity contribution >= 4 is 8.88 Å². The van der Waals surface area contributed by atoms with E-state index in [0.29, 0.717) is 8.88 Å². The molecule has 3 heteroatoms. The van der Waals surface area contributed by atoms with E-state index >= 15 is 0 Å². The van der Waals surface area contributed by atoms with Gasteiger partial charge in [-0.15, -0.1) is 0 Å². The molecule has 0 aliphatic heterocycles. The number of rotatable bonds is 4. The van der Waals surface area contributed by atoms with Gasteiger partial charge in [-0.25, -0.2) is 0 Å². The predicted octanol–water partition coefficient (Wildman–Crippen LogP) is 2.43. The molecule has 0 radical (unpaired) electrons. The molecule has 58 valence electrons. The molecule has 1 unspecified atom stereocenters. The van der Waals surface area contributed by atoms with Gasteiger partial charge in [0.2, 0.25) is 0 Å². The summed E-state index contributed by atoms with van der Waals surface area (Å²) in [6, 6.07) is 3.99. The molecule has 0 fully saturated rings. The molecule has 0 aliphatic rings. The van der Waals surface area contributed by atoms with Gasteiger partial charge < -0.3 is 9.01 Å². The van der Waals surface area contributed by atoms with Crippen molar-refractivity contribution in [1.82, 2.24) is 9.01 Å². The van der Waals surface area contributed by atoms with Crippen molar-refractivity contribution in [3.05, 3.63) is 50.1 Å². The standard InChI is InChI=1S/C8H11N2P/c1-3-9(4-2)11-10-7-5-6-8-10/h3-8,11H,1-2H2. The Morgan fingerprint density at radius 2 is 1.73 bits per heavy atom. The van der Waals surface area contributed by atoms with Gasteiger partial charge >= 0.3 is 0 Å². The minimum atomic E-state index is 0.534. The summed E-state index contributed by atoms with van der Waals surface area (Å²) in [6.07, 6.45) is 7.54. The number of hydrogen-bond donors (Lipinski definition) is 0. The van der Waals surface area contributed by atoms with Crippen molar-refractivity contribution in [3.63, 3.8) is 0 Å². The van der Waals surface area contributed by atoms with Gasteiger partial charge in [-0.2, -0.15) is 0 Å². The summed E-state index contributed by atoms with van der Waals surface area (Å²) in [5.41, 5.74) is 0. The summed E-state index contributed by atoms with van der Waals surface area (Å²) in [5, 5.41) is 0. The zero-order valence-corrected chi connectivity index (χ0v) is 7.27. The fourth-order valence-electron chi connectivity index (χ4n) is 0.691. The van der Waals surface area contributed by atoms with Gasteiger partial charge in [0.1, 0.15) is 0 Å². The van der Waals surface area contributed by atoms with Gasteiger partial charge in [0.05, 0.1) is 8.88 Å². The van der Waals surface area contributed by atoms with Crippen LogP contribution in [-0.2, 0) is 0 Å². The molecular formula is C8H11N2P. The lowest BCUT2D eigenvalue weighted by atomic mass is 10.7. The third-order valence-electron chi connectivity index (χ3n) is 1.23. The zero-order valence-electron chi connectivity index (χ0n) is 6.27. The molecule has 0 bridgehead atoms. The highest BCUT2D eigenvalue weighted by Crippen LogP contribution is 2.20. The van der Waals surface area contributed by atoms with Crippen molar-refractivity contribution in [1.29, 1.82) is 0 Å². The van der Waals surface area contributed by atoms with Crippen molar-refractivity contribution in [2.45, 2.75) is 0 Å². The second-order valence-electron chi connectivity index (χ2n) is 1.96. The van der Waals surface area contributed by atoms with Crippen LogP contribution in [0.25, 0.3) is 0 Å². The third kappa shape index (κ3) is 2.24. The van der Waals surface area contributed by atoms with E-state index in [-0.39, 0.29) is 0 Å². The van der Waals surface area contributed by atoms with Crippen molar-refractivity contribution < 1.29 is 0 Å². The smallest absolute Gasteiger partial charge is 0.0874 e. The maximum Gasteiger partial charge on any atom is 0.0874 e. The topological polar surface area (TPSA) is 8.17 Å². The first kappa shape index (κ1) is 8.09. The summed E-state index contributed by atoms with van der Waals surface area (Å²) in [4.78, 5) is 0. The Hall–Kier alpha value is -1.01. The van der Waals surface area contributed by atoms with Crippen LogP contribution in [0.1, 0.15) is 0 Å². The first-order valence-corrected chi connectivity index (χ1v) is 4.19. The predicted molar refractivity (Wildman–Crippen MR) is 50.4 cm³/mol. The first-order chi connectivity index (χ1) is 5.36. The Labute approximate surface area is 68.7 Å². The maximum absolute atomic E-state index is 3.66. The van der Waals surface area contributed by atoms with Crippen LogP contribution >= 0.6 is 8.88 Å².